The van der Waals surface area contributed by atoms with Crippen LogP contribution in [0.2, 0.25) is 0 Å². The van der Waals surface area contributed by atoms with E-state index >= 15 is 0 Å². The van der Waals surface area contributed by atoms with Crippen LogP contribution in [0, 0.1) is 0 Å². The van der Waals surface area contributed by atoms with E-state index in [2.05, 4.69) is 19.8 Å². The first kappa shape index (κ1) is 12.5. The van der Waals surface area contributed by atoms with E-state index in [-0.39, 0.29) is 11.9 Å². The van der Waals surface area contributed by atoms with E-state index in [1.807, 2.05) is 0 Å². The Labute approximate surface area is 81.1 Å². The molecule has 0 saturated heterocycles. The predicted molar refractivity (Wildman–Crippen MR) is 55.2 cm³/mol. The fraction of sp³-hybridized carbons (Fsp3) is 0.750. The highest BCUT2D eigenvalue weighted by Crippen LogP contribution is 1.99. The first-order valence-electron chi connectivity index (χ1n) is 4.36. The molecule has 13 heavy (non-hydrogen) atoms. The van der Waals surface area contributed by atoms with Gasteiger partial charge in [0.1, 0.15) is 6.29 Å². The van der Waals surface area contributed by atoms with Crippen LogP contribution in [-0.4, -0.2) is 24.8 Å². The van der Waals surface area contributed by atoms with Gasteiger partial charge in [-0.3, -0.25) is 9.88 Å². The molecule has 0 aromatic rings. The Balaban J connectivity index is 3.24. The molecule has 1 amide bonds. The molecule has 0 rings (SSSR count). The molecule has 0 aromatic heterocycles. The molecule has 76 valence electrons. The summed E-state index contributed by atoms with van der Waals surface area (Å²) in [6.45, 7) is 2.19. The fourth-order valence-electron chi connectivity index (χ4n) is 0.944. The van der Waals surface area contributed by atoms with Crippen molar-refractivity contribution in [3.05, 3.63) is 0 Å². The largest absolute Gasteiger partial charge is 0.356 e. The highest BCUT2D eigenvalue weighted by atomic mass is 31.0. The Hall–Kier alpha value is -0.470. The van der Waals surface area contributed by atoms with Gasteiger partial charge in [0.25, 0.3) is 0 Å². The fourth-order valence-corrected chi connectivity index (χ4v) is 1.19. The zero-order valence-corrected chi connectivity index (χ0v) is 9.03. The van der Waals surface area contributed by atoms with Gasteiger partial charge < -0.3 is 10.1 Å². The van der Waals surface area contributed by atoms with Crippen molar-refractivity contribution < 1.29 is 9.59 Å². The van der Waals surface area contributed by atoms with Gasteiger partial charge in [0, 0.05) is 13.5 Å². The predicted octanol–water partition coefficient (Wildman–Crippen LogP) is 0.240. The van der Waals surface area contributed by atoms with Gasteiger partial charge in [-0.2, -0.15) is 0 Å². The van der Waals surface area contributed by atoms with Crippen molar-refractivity contribution in [1.82, 2.24) is 10.4 Å². The van der Waals surface area contributed by atoms with Crippen LogP contribution in [-0.2, 0) is 9.59 Å². The van der Waals surface area contributed by atoms with E-state index in [4.69, 9.17) is 0 Å². The number of carbonyl (C=O) groups excluding carboxylic acids is 2. The summed E-state index contributed by atoms with van der Waals surface area (Å²) < 4.78 is 0. The summed E-state index contributed by atoms with van der Waals surface area (Å²) in [7, 11) is 2.32. The summed E-state index contributed by atoms with van der Waals surface area (Å²) in [5, 5.41) is 5.52. The van der Waals surface area contributed by atoms with Gasteiger partial charge in [-0.1, -0.05) is 9.39 Å². The average molecular weight is 204 g/mol. The summed E-state index contributed by atoms with van der Waals surface area (Å²) in [5.41, 5.74) is 0. The maximum atomic E-state index is 10.5. The van der Waals surface area contributed by atoms with Gasteiger partial charge in [-0.05, 0) is 19.3 Å². The van der Waals surface area contributed by atoms with E-state index < -0.39 is 0 Å². The summed E-state index contributed by atoms with van der Waals surface area (Å²) in [6.07, 6.45) is 3.55. The molecule has 0 aliphatic carbocycles. The Morgan fingerprint density at radius 2 is 2.23 bits per heavy atom. The Kier molecular flexibility index (Phi) is 7.85. The van der Waals surface area contributed by atoms with Crippen molar-refractivity contribution in [1.29, 1.82) is 0 Å². The minimum atomic E-state index is -0.0812. The summed E-state index contributed by atoms with van der Waals surface area (Å²) in [4.78, 5) is 20.8. The van der Waals surface area contributed by atoms with Crippen molar-refractivity contribution in [3.8, 4) is 0 Å². The monoisotopic (exact) mass is 204 g/mol. The first-order chi connectivity index (χ1) is 6.20. The zero-order chi connectivity index (χ0) is 10.1. The number of hydrogen-bond acceptors (Lipinski definition) is 3. The molecule has 4 nitrogen and oxygen atoms in total. The molecule has 0 heterocycles. The minimum Gasteiger partial charge on any atom is -0.356 e. The van der Waals surface area contributed by atoms with Crippen molar-refractivity contribution in [2.24, 2.45) is 0 Å². The molecule has 0 aliphatic rings. The Morgan fingerprint density at radius 3 is 2.69 bits per heavy atom. The lowest BCUT2D eigenvalue weighted by atomic mass is 10.1. The lowest BCUT2D eigenvalue weighted by Crippen LogP contribution is -2.23. The third kappa shape index (κ3) is 7.88. The highest BCUT2D eigenvalue weighted by Gasteiger charge is 2.02. The molecule has 0 spiro atoms. The molecule has 2 atom stereocenters. The minimum absolute atomic E-state index is 0.00360. The van der Waals surface area contributed by atoms with E-state index in [9.17, 15) is 9.59 Å². The second-order valence-corrected chi connectivity index (χ2v) is 3.22. The van der Waals surface area contributed by atoms with Crippen molar-refractivity contribution in [3.63, 3.8) is 0 Å². The molecule has 2 N–H and O–H groups in total. The number of amides is 1. The maximum absolute atomic E-state index is 10.5. The van der Waals surface area contributed by atoms with Gasteiger partial charge in [0.2, 0.25) is 5.91 Å². The number of aldehydes is 1. The second kappa shape index (κ2) is 8.14. The van der Waals surface area contributed by atoms with Crippen molar-refractivity contribution in [2.75, 3.05) is 6.54 Å². The van der Waals surface area contributed by atoms with Crippen LogP contribution in [0.3, 0.4) is 0 Å². The number of nitrogens with one attached hydrogen (secondary N) is 2. The summed E-state index contributed by atoms with van der Waals surface area (Å²) in [5.74, 6) is -0.00360. The van der Waals surface area contributed by atoms with Crippen LogP contribution in [0.1, 0.15) is 26.2 Å². The number of hydrogen-bond donors (Lipinski definition) is 2. The van der Waals surface area contributed by atoms with E-state index in [0.29, 0.717) is 6.54 Å². The van der Waals surface area contributed by atoms with Crippen LogP contribution in [0.15, 0.2) is 0 Å². The van der Waals surface area contributed by atoms with Gasteiger partial charge in [0.05, 0.1) is 6.04 Å². The topological polar surface area (TPSA) is 58.2 Å². The molecule has 0 radical (unpaired) electrons. The van der Waals surface area contributed by atoms with Gasteiger partial charge in [-0.15, -0.1) is 0 Å². The second-order valence-electron chi connectivity index (χ2n) is 2.89. The standard InChI is InChI=1S/C8H17N2O2P/c1-7(12)9-5-3-2-4-8(6-11)10-13/h6,8,10H,2-5,13H2,1H3,(H,9,12). The molecular weight excluding hydrogens is 187 g/mol. The average Bonchev–Trinajstić information content (AvgIpc) is 2.11. The molecular formula is C8H17N2O2P. The van der Waals surface area contributed by atoms with Gasteiger partial charge in [0.15, 0.2) is 0 Å². The lowest BCUT2D eigenvalue weighted by Gasteiger charge is -2.07. The molecule has 0 bridgehead atoms. The number of carbonyl (C=O) groups is 2. The van der Waals surface area contributed by atoms with Crippen LogP contribution in [0.4, 0.5) is 0 Å². The molecule has 0 saturated carbocycles. The zero-order valence-electron chi connectivity index (χ0n) is 7.88. The van der Waals surface area contributed by atoms with Crippen LogP contribution >= 0.6 is 9.39 Å². The third-order valence-corrected chi connectivity index (χ3v) is 2.12. The van der Waals surface area contributed by atoms with Crippen LogP contribution < -0.4 is 10.4 Å². The quantitative estimate of drug-likeness (QED) is 0.355. The first-order valence-corrected chi connectivity index (χ1v) is 4.94. The van der Waals surface area contributed by atoms with E-state index in [1.54, 1.807) is 0 Å². The maximum Gasteiger partial charge on any atom is 0.216 e. The Bertz CT molecular complexity index is 164. The summed E-state index contributed by atoms with van der Waals surface area (Å²) in [6, 6.07) is -0.0812. The lowest BCUT2D eigenvalue weighted by molar-refractivity contribution is -0.119. The van der Waals surface area contributed by atoms with Crippen molar-refractivity contribution >= 4 is 21.6 Å². The normalized spacial score (nSPS) is 12.2. The van der Waals surface area contributed by atoms with E-state index in [0.717, 1.165) is 25.5 Å². The smallest absolute Gasteiger partial charge is 0.216 e. The third-order valence-electron chi connectivity index (χ3n) is 1.69. The van der Waals surface area contributed by atoms with Crippen molar-refractivity contribution in [2.45, 2.75) is 32.2 Å². The summed E-state index contributed by atoms with van der Waals surface area (Å²) >= 11 is 0. The SMILES string of the molecule is CC(=O)NCCCCC(C=O)NP. The number of unbranched alkanes of at least 4 members (excludes halogenated alkanes) is 1. The van der Waals surface area contributed by atoms with Gasteiger partial charge in [-0.25, -0.2) is 0 Å². The molecule has 2 unspecified atom stereocenters. The van der Waals surface area contributed by atoms with Gasteiger partial charge >= 0.3 is 0 Å². The molecule has 5 heteroatoms. The Morgan fingerprint density at radius 1 is 1.54 bits per heavy atom. The molecule has 0 fully saturated rings. The van der Waals surface area contributed by atoms with E-state index in [1.165, 1.54) is 6.92 Å². The molecule has 0 aromatic carbocycles. The molecule has 0 aliphatic heterocycles. The van der Waals surface area contributed by atoms with Crippen LogP contribution in [0.25, 0.3) is 0 Å². The highest BCUT2D eigenvalue weighted by molar-refractivity contribution is 7.13. The number of rotatable bonds is 7. The van der Waals surface area contributed by atoms with Crippen LogP contribution in [0.5, 0.6) is 0 Å².